The number of terminal acetylenes is 1. The van der Waals surface area contributed by atoms with Crippen molar-refractivity contribution in [1.29, 1.82) is 0 Å². The lowest BCUT2D eigenvalue weighted by molar-refractivity contribution is 1.01. The van der Waals surface area contributed by atoms with Gasteiger partial charge in [0.25, 0.3) is 0 Å². The number of aromatic nitrogens is 1. The van der Waals surface area contributed by atoms with Gasteiger partial charge in [-0.1, -0.05) is 24.1 Å². The molecule has 2 aromatic rings. The Morgan fingerprint density at radius 2 is 2.07 bits per heavy atom. The molecular weight excluding hydrogens is 182 g/mol. The number of pyridine rings is 1. The van der Waals surface area contributed by atoms with E-state index in [0.29, 0.717) is 0 Å². The summed E-state index contributed by atoms with van der Waals surface area (Å²) >= 11 is 0. The maximum Gasteiger partial charge on any atom is 0.0708 e. The number of rotatable bonds is 1. The van der Waals surface area contributed by atoms with E-state index in [1.807, 2.05) is 32.0 Å². The van der Waals surface area contributed by atoms with Crippen LogP contribution < -0.4 is 0 Å². The maximum atomic E-state index is 5.47. The van der Waals surface area contributed by atoms with Gasteiger partial charge in [-0.2, -0.15) is 0 Å². The van der Waals surface area contributed by atoms with E-state index in [0.717, 1.165) is 16.6 Å². The van der Waals surface area contributed by atoms with E-state index < -0.39 is 0 Å². The van der Waals surface area contributed by atoms with Crippen molar-refractivity contribution in [2.24, 2.45) is 0 Å². The van der Waals surface area contributed by atoms with Gasteiger partial charge in [0.1, 0.15) is 0 Å². The predicted molar refractivity (Wildman–Crippen MR) is 63.7 cm³/mol. The highest BCUT2D eigenvalue weighted by atomic mass is 14.7. The maximum absolute atomic E-state index is 5.47. The molecule has 0 fully saturated rings. The standard InChI is InChI=1S/C14H13N/c1-4-10(2)13-9-11(3)15-14-8-6-5-7-12(13)14/h1,5-10H,2-3H3. The van der Waals surface area contributed by atoms with Crippen molar-refractivity contribution in [1.82, 2.24) is 4.98 Å². The number of benzene rings is 1. The Bertz CT molecular complexity index is 535. The van der Waals surface area contributed by atoms with Crippen LogP contribution >= 0.6 is 0 Å². The summed E-state index contributed by atoms with van der Waals surface area (Å²) in [4.78, 5) is 4.48. The van der Waals surface area contributed by atoms with Crippen molar-refractivity contribution in [3.05, 3.63) is 41.6 Å². The van der Waals surface area contributed by atoms with E-state index in [1.54, 1.807) is 0 Å². The van der Waals surface area contributed by atoms with Crippen LogP contribution in [0.1, 0.15) is 24.1 Å². The molecule has 1 heterocycles. The fraction of sp³-hybridized carbons (Fsp3) is 0.214. The molecule has 0 aliphatic heterocycles. The minimum absolute atomic E-state index is 0.136. The summed E-state index contributed by atoms with van der Waals surface area (Å²) in [6.07, 6.45) is 5.47. The van der Waals surface area contributed by atoms with Crippen molar-refractivity contribution in [2.45, 2.75) is 19.8 Å². The smallest absolute Gasteiger partial charge is 0.0708 e. The number of hydrogen-bond acceptors (Lipinski definition) is 1. The highest BCUT2D eigenvalue weighted by Gasteiger charge is 2.08. The number of para-hydroxylation sites is 1. The fourth-order valence-corrected chi connectivity index (χ4v) is 1.79. The van der Waals surface area contributed by atoms with Gasteiger partial charge in [-0.3, -0.25) is 4.98 Å². The zero-order valence-corrected chi connectivity index (χ0v) is 8.99. The highest BCUT2D eigenvalue weighted by Crippen LogP contribution is 2.24. The third-order valence-corrected chi connectivity index (χ3v) is 2.59. The number of hydrogen-bond donors (Lipinski definition) is 0. The first-order valence-corrected chi connectivity index (χ1v) is 5.05. The van der Waals surface area contributed by atoms with Crippen LogP contribution in [-0.2, 0) is 0 Å². The molecule has 0 spiro atoms. The molecule has 0 amide bonds. The molecule has 0 aliphatic rings. The summed E-state index contributed by atoms with van der Waals surface area (Å²) in [5.74, 6) is 2.91. The second kappa shape index (κ2) is 3.74. The first-order valence-electron chi connectivity index (χ1n) is 5.05. The lowest BCUT2D eigenvalue weighted by Gasteiger charge is -2.09. The molecule has 1 atom stereocenters. The first-order chi connectivity index (χ1) is 7.22. The molecular formula is C14H13N. The van der Waals surface area contributed by atoms with Crippen LogP contribution in [0.15, 0.2) is 30.3 Å². The Hall–Kier alpha value is -1.81. The van der Waals surface area contributed by atoms with Crippen molar-refractivity contribution in [2.75, 3.05) is 0 Å². The van der Waals surface area contributed by atoms with Gasteiger partial charge in [0.05, 0.1) is 5.52 Å². The van der Waals surface area contributed by atoms with E-state index in [-0.39, 0.29) is 5.92 Å². The summed E-state index contributed by atoms with van der Waals surface area (Å²) in [6, 6.07) is 10.2. The highest BCUT2D eigenvalue weighted by molar-refractivity contribution is 5.83. The minimum Gasteiger partial charge on any atom is -0.253 e. The van der Waals surface area contributed by atoms with Crippen molar-refractivity contribution >= 4 is 10.9 Å². The Kier molecular flexibility index (Phi) is 2.43. The summed E-state index contributed by atoms with van der Waals surface area (Å²) in [5.41, 5.74) is 3.24. The number of fused-ring (bicyclic) bond motifs is 1. The van der Waals surface area contributed by atoms with Crippen LogP contribution in [0.4, 0.5) is 0 Å². The Morgan fingerprint density at radius 3 is 2.80 bits per heavy atom. The van der Waals surface area contributed by atoms with Crippen LogP contribution in [0.25, 0.3) is 10.9 Å². The third-order valence-electron chi connectivity index (χ3n) is 2.59. The lowest BCUT2D eigenvalue weighted by atomic mass is 9.97. The fourth-order valence-electron chi connectivity index (χ4n) is 1.79. The molecule has 1 aromatic carbocycles. The van der Waals surface area contributed by atoms with E-state index in [9.17, 15) is 0 Å². The third kappa shape index (κ3) is 1.71. The predicted octanol–water partition coefficient (Wildman–Crippen LogP) is 3.28. The largest absolute Gasteiger partial charge is 0.253 e. The Balaban J connectivity index is 2.78. The molecule has 0 aliphatic carbocycles. The van der Waals surface area contributed by atoms with Gasteiger partial charge >= 0.3 is 0 Å². The Morgan fingerprint density at radius 1 is 1.33 bits per heavy atom. The minimum atomic E-state index is 0.136. The molecule has 15 heavy (non-hydrogen) atoms. The average Bonchev–Trinajstić information content (AvgIpc) is 2.26. The molecule has 0 saturated carbocycles. The van der Waals surface area contributed by atoms with Gasteiger partial charge in [0, 0.05) is 17.0 Å². The van der Waals surface area contributed by atoms with Gasteiger partial charge in [-0.15, -0.1) is 6.42 Å². The van der Waals surface area contributed by atoms with Gasteiger partial charge in [-0.25, -0.2) is 0 Å². The van der Waals surface area contributed by atoms with Crippen LogP contribution in [-0.4, -0.2) is 4.98 Å². The summed E-state index contributed by atoms with van der Waals surface area (Å²) in [5, 5.41) is 1.16. The van der Waals surface area contributed by atoms with Gasteiger partial charge in [0.2, 0.25) is 0 Å². The number of nitrogens with zero attached hydrogens (tertiary/aromatic N) is 1. The van der Waals surface area contributed by atoms with Gasteiger partial charge in [-0.05, 0) is 31.5 Å². The quantitative estimate of drug-likeness (QED) is 0.636. The monoisotopic (exact) mass is 195 g/mol. The average molecular weight is 195 g/mol. The summed E-state index contributed by atoms with van der Waals surface area (Å²) in [7, 11) is 0. The zero-order valence-electron chi connectivity index (χ0n) is 8.99. The molecule has 1 nitrogen and oxygen atoms in total. The van der Waals surface area contributed by atoms with Crippen LogP contribution in [0.3, 0.4) is 0 Å². The van der Waals surface area contributed by atoms with Crippen molar-refractivity contribution in [3.8, 4) is 12.3 Å². The molecule has 0 radical (unpaired) electrons. The van der Waals surface area contributed by atoms with Gasteiger partial charge < -0.3 is 0 Å². The molecule has 0 saturated heterocycles. The molecule has 1 aromatic heterocycles. The SMILES string of the molecule is C#CC(C)c1cc(C)nc2ccccc12. The van der Waals surface area contributed by atoms with E-state index >= 15 is 0 Å². The van der Waals surface area contributed by atoms with E-state index in [1.165, 1.54) is 5.56 Å². The molecule has 1 heteroatoms. The molecule has 1 unspecified atom stereocenters. The number of aryl methyl sites for hydroxylation is 1. The van der Waals surface area contributed by atoms with E-state index in [4.69, 9.17) is 6.42 Å². The normalized spacial score (nSPS) is 12.3. The van der Waals surface area contributed by atoms with Gasteiger partial charge in [0.15, 0.2) is 0 Å². The van der Waals surface area contributed by atoms with Crippen molar-refractivity contribution in [3.63, 3.8) is 0 Å². The lowest BCUT2D eigenvalue weighted by Crippen LogP contribution is -1.95. The summed E-state index contributed by atoms with van der Waals surface area (Å²) < 4.78 is 0. The molecule has 0 bridgehead atoms. The van der Waals surface area contributed by atoms with Crippen LogP contribution in [0, 0.1) is 19.3 Å². The zero-order chi connectivity index (χ0) is 10.8. The second-order valence-corrected chi connectivity index (χ2v) is 3.76. The second-order valence-electron chi connectivity index (χ2n) is 3.76. The molecule has 0 N–H and O–H groups in total. The molecule has 74 valence electrons. The van der Waals surface area contributed by atoms with Crippen LogP contribution in [0.5, 0.6) is 0 Å². The first kappa shape index (κ1) is 9.73. The van der Waals surface area contributed by atoms with Crippen LogP contribution in [0.2, 0.25) is 0 Å². The Labute approximate surface area is 90.2 Å². The topological polar surface area (TPSA) is 12.9 Å². The van der Waals surface area contributed by atoms with Crippen molar-refractivity contribution < 1.29 is 0 Å². The summed E-state index contributed by atoms with van der Waals surface area (Å²) in [6.45, 7) is 4.04. The van der Waals surface area contributed by atoms with E-state index in [2.05, 4.69) is 23.0 Å². The molecule has 2 rings (SSSR count).